The Morgan fingerprint density at radius 1 is 1.10 bits per heavy atom. The molecule has 20 heavy (non-hydrogen) atoms. The highest BCUT2D eigenvalue weighted by Gasteiger charge is 2.05. The van der Waals surface area contributed by atoms with Crippen LogP contribution in [-0.2, 0) is 0 Å². The van der Waals surface area contributed by atoms with Gasteiger partial charge in [-0.3, -0.25) is 0 Å². The van der Waals surface area contributed by atoms with Crippen molar-refractivity contribution in [2.75, 3.05) is 24.3 Å². The van der Waals surface area contributed by atoms with Gasteiger partial charge in [0.15, 0.2) is 5.13 Å². The molecule has 1 N–H and O–H groups in total. The van der Waals surface area contributed by atoms with Crippen LogP contribution in [0.25, 0.3) is 10.2 Å². The summed E-state index contributed by atoms with van der Waals surface area (Å²) < 4.78 is 1.21. The monoisotopic (exact) mass is 283 g/mol. The van der Waals surface area contributed by atoms with Crippen molar-refractivity contribution < 1.29 is 0 Å². The second kappa shape index (κ2) is 5.13. The molecule has 0 aliphatic heterocycles. The van der Waals surface area contributed by atoms with Crippen LogP contribution >= 0.6 is 11.3 Å². The van der Waals surface area contributed by atoms with E-state index in [1.807, 2.05) is 14.1 Å². The molecular formula is C16H17N3S. The smallest absolute Gasteiger partial charge is 0.188 e. The molecule has 0 radical (unpaired) electrons. The zero-order valence-electron chi connectivity index (χ0n) is 11.8. The molecule has 0 fully saturated rings. The molecule has 1 aromatic heterocycles. The number of rotatable bonds is 3. The Labute approximate surface area is 122 Å². The largest absolute Gasteiger partial charge is 0.378 e. The van der Waals surface area contributed by atoms with E-state index < -0.39 is 0 Å². The third-order valence-electron chi connectivity index (χ3n) is 3.16. The van der Waals surface area contributed by atoms with Crippen molar-refractivity contribution in [1.29, 1.82) is 0 Å². The summed E-state index contributed by atoms with van der Waals surface area (Å²) in [4.78, 5) is 6.73. The van der Waals surface area contributed by atoms with Gasteiger partial charge >= 0.3 is 0 Å². The van der Waals surface area contributed by atoms with E-state index in [0.29, 0.717) is 0 Å². The van der Waals surface area contributed by atoms with Crippen molar-refractivity contribution in [3.05, 3.63) is 48.0 Å². The molecule has 0 amide bonds. The Morgan fingerprint density at radius 3 is 2.75 bits per heavy atom. The highest BCUT2D eigenvalue weighted by atomic mass is 32.1. The van der Waals surface area contributed by atoms with Gasteiger partial charge < -0.3 is 10.2 Å². The van der Waals surface area contributed by atoms with Crippen LogP contribution in [0.3, 0.4) is 0 Å². The molecule has 2 aromatic carbocycles. The molecule has 3 rings (SSSR count). The maximum absolute atomic E-state index is 4.64. The molecule has 1 heterocycles. The first-order valence-corrected chi connectivity index (χ1v) is 7.35. The number of aromatic nitrogens is 1. The lowest BCUT2D eigenvalue weighted by Gasteiger charge is -2.13. The van der Waals surface area contributed by atoms with E-state index in [-0.39, 0.29) is 0 Å². The minimum atomic E-state index is 0.932. The second-order valence-electron chi connectivity index (χ2n) is 5.06. The lowest BCUT2D eigenvalue weighted by atomic mass is 10.2. The van der Waals surface area contributed by atoms with Crippen LogP contribution in [0.5, 0.6) is 0 Å². The fourth-order valence-corrected chi connectivity index (χ4v) is 2.94. The fourth-order valence-electron chi connectivity index (χ4n) is 2.08. The Balaban J connectivity index is 1.90. The molecular weight excluding hydrogens is 266 g/mol. The molecule has 3 nitrogen and oxygen atoms in total. The van der Waals surface area contributed by atoms with Crippen molar-refractivity contribution in [3.8, 4) is 0 Å². The van der Waals surface area contributed by atoms with Crippen LogP contribution in [0, 0.1) is 6.92 Å². The number of fused-ring (bicyclic) bond motifs is 1. The number of nitrogens with one attached hydrogen (secondary N) is 1. The van der Waals surface area contributed by atoms with Crippen molar-refractivity contribution in [1.82, 2.24) is 4.98 Å². The zero-order chi connectivity index (χ0) is 14.1. The first kappa shape index (κ1) is 12.9. The summed E-state index contributed by atoms with van der Waals surface area (Å²) in [6.45, 7) is 2.09. The van der Waals surface area contributed by atoms with Crippen molar-refractivity contribution in [3.63, 3.8) is 0 Å². The number of hydrogen-bond acceptors (Lipinski definition) is 4. The van der Waals surface area contributed by atoms with Crippen LogP contribution < -0.4 is 10.2 Å². The van der Waals surface area contributed by atoms with E-state index in [2.05, 4.69) is 64.6 Å². The van der Waals surface area contributed by atoms with Gasteiger partial charge in [0, 0.05) is 25.5 Å². The average molecular weight is 283 g/mol. The molecule has 0 atom stereocenters. The topological polar surface area (TPSA) is 28.2 Å². The van der Waals surface area contributed by atoms with Gasteiger partial charge in [-0.25, -0.2) is 4.98 Å². The third kappa shape index (κ3) is 2.60. The molecule has 0 spiro atoms. The molecule has 0 aliphatic rings. The maximum Gasteiger partial charge on any atom is 0.188 e. The highest BCUT2D eigenvalue weighted by Crippen LogP contribution is 2.29. The van der Waals surface area contributed by atoms with E-state index in [1.54, 1.807) is 11.3 Å². The summed E-state index contributed by atoms with van der Waals surface area (Å²) in [5, 5.41) is 4.32. The summed E-state index contributed by atoms with van der Waals surface area (Å²) >= 11 is 1.68. The predicted molar refractivity (Wildman–Crippen MR) is 88.4 cm³/mol. The lowest BCUT2D eigenvalue weighted by Crippen LogP contribution is -2.08. The van der Waals surface area contributed by atoms with Gasteiger partial charge in [-0.15, -0.1) is 0 Å². The van der Waals surface area contributed by atoms with Gasteiger partial charge in [-0.2, -0.15) is 0 Å². The Kier molecular flexibility index (Phi) is 3.32. The summed E-state index contributed by atoms with van der Waals surface area (Å²) in [6, 6.07) is 14.7. The molecule has 3 aromatic rings. The second-order valence-corrected chi connectivity index (χ2v) is 6.09. The van der Waals surface area contributed by atoms with E-state index in [9.17, 15) is 0 Å². The minimum Gasteiger partial charge on any atom is -0.378 e. The molecule has 0 unspecified atom stereocenters. The van der Waals surface area contributed by atoms with E-state index in [0.717, 1.165) is 16.3 Å². The number of aryl methyl sites for hydroxylation is 1. The predicted octanol–water partition coefficient (Wildman–Crippen LogP) is 4.41. The Morgan fingerprint density at radius 2 is 1.95 bits per heavy atom. The zero-order valence-corrected chi connectivity index (χ0v) is 12.7. The first-order valence-electron chi connectivity index (χ1n) is 6.53. The quantitative estimate of drug-likeness (QED) is 0.771. The van der Waals surface area contributed by atoms with Crippen molar-refractivity contribution in [2.24, 2.45) is 0 Å². The van der Waals surface area contributed by atoms with Gasteiger partial charge in [0.05, 0.1) is 10.2 Å². The van der Waals surface area contributed by atoms with Crippen LogP contribution in [-0.4, -0.2) is 19.1 Å². The van der Waals surface area contributed by atoms with Crippen molar-refractivity contribution in [2.45, 2.75) is 6.92 Å². The van der Waals surface area contributed by atoms with Crippen LogP contribution in [0.4, 0.5) is 16.5 Å². The highest BCUT2D eigenvalue weighted by molar-refractivity contribution is 7.22. The SMILES string of the molecule is Cc1ccc2sc(Nc3cccc(N(C)C)c3)nc2c1. The molecule has 0 saturated heterocycles. The van der Waals surface area contributed by atoms with E-state index in [1.165, 1.54) is 16.0 Å². The summed E-state index contributed by atoms with van der Waals surface area (Å²) in [5.41, 5.74) is 4.53. The van der Waals surface area contributed by atoms with Gasteiger partial charge in [-0.1, -0.05) is 23.5 Å². The first-order chi connectivity index (χ1) is 9.61. The number of anilines is 3. The Hall–Kier alpha value is -2.07. The normalized spacial score (nSPS) is 10.8. The summed E-state index contributed by atoms with van der Waals surface area (Å²) in [7, 11) is 4.08. The molecule has 102 valence electrons. The Bertz CT molecular complexity index is 746. The summed E-state index contributed by atoms with van der Waals surface area (Å²) in [6.07, 6.45) is 0. The average Bonchev–Trinajstić information content (AvgIpc) is 2.80. The standard InChI is InChI=1S/C16H17N3S/c1-11-7-8-15-14(9-11)18-16(20-15)17-12-5-4-6-13(10-12)19(2)3/h4-10H,1-3H3,(H,17,18). The van der Waals surface area contributed by atoms with Crippen LogP contribution in [0.15, 0.2) is 42.5 Å². The van der Waals surface area contributed by atoms with Crippen molar-refractivity contribution >= 4 is 38.1 Å². The number of benzene rings is 2. The molecule has 0 saturated carbocycles. The maximum atomic E-state index is 4.64. The number of thiazole rings is 1. The number of nitrogens with zero attached hydrogens (tertiary/aromatic N) is 2. The fraction of sp³-hybridized carbons (Fsp3) is 0.188. The van der Waals surface area contributed by atoms with Gasteiger partial charge in [0.2, 0.25) is 0 Å². The van der Waals surface area contributed by atoms with E-state index >= 15 is 0 Å². The van der Waals surface area contributed by atoms with Gasteiger partial charge in [0.25, 0.3) is 0 Å². The number of hydrogen-bond donors (Lipinski definition) is 1. The van der Waals surface area contributed by atoms with Crippen LogP contribution in [0.2, 0.25) is 0 Å². The van der Waals surface area contributed by atoms with Crippen LogP contribution in [0.1, 0.15) is 5.56 Å². The lowest BCUT2D eigenvalue weighted by molar-refractivity contribution is 1.13. The molecule has 4 heteroatoms. The summed E-state index contributed by atoms with van der Waals surface area (Å²) in [5.74, 6) is 0. The minimum absolute atomic E-state index is 0.932. The molecule has 0 bridgehead atoms. The molecule has 0 aliphatic carbocycles. The van der Waals surface area contributed by atoms with E-state index in [4.69, 9.17) is 0 Å². The van der Waals surface area contributed by atoms with Gasteiger partial charge in [0.1, 0.15) is 0 Å². The third-order valence-corrected chi connectivity index (χ3v) is 4.11. The van der Waals surface area contributed by atoms with Gasteiger partial charge in [-0.05, 0) is 42.8 Å².